The van der Waals surface area contributed by atoms with Gasteiger partial charge in [0.05, 0.1) is 5.56 Å². The molecule has 0 saturated carbocycles. The SMILES string of the molecule is CC1(C)CN(c2ccc(Br)c(C(F)(F)F)c2)CCCN1. The van der Waals surface area contributed by atoms with Gasteiger partial charge in [-0.2, -0.15) is 13.2 Å². The van der Waals surface area contributed by atoms with E-state index in [0.29, 0.717) is 12.2 Å². The number of benzene rings is 1. The number of halogens is 4. The van der Waals surface area contributed by atoms with E-state index in [2.05, 4.69) is 35.1 Å². The minimum Gasteiger partial charge on any atom is -0.370 e. The largest absolute Gasteiger partial charge is 0.417 e. The summed E-state index contributed by atoms with van der Waals surface area (Å²) < 4.78 is 39.0. The molecule has 0 aliphatic carbocycles. The monoisotopic (exact) mass is 350 g/mol. The third-order valence-electron chi connectivity index (χ3n) is 3.41. The molecule has 2 rings (SSSR count). The maximum atomic E-state index is 13.0. The van der Waals surface area contributed by atoms with Crippen molar-refractivity contribution in [3.8, 4) is 0 Å². The molecule has 6 heteroatoms. The van der Waals surface area contributed by atoms with Gasteiger partial charge in [-0.05, 0) is 45.0 Å². The van der Waals surface area contributed by atoms with Crippen LogP contribution in [0.5, 0.6) is 0 Å². The molecule has 0 spiro atoms. The summed E-state index contributed by atoms with van der Waals surface area (Å²) in [7, 11) is 0. The van der Waals surface area contributed by atoms with E-state index in [1.807, 2.05) is 4.90 Å². The fourth-order valence-corrected chi connectivity index (χ4v) is 2.93. The Balaban J connectivity index is 2.33. The molecule has 1 aromatic carbocycles. The van der Waals surface area contributed by atoms with E-state index in [1.54, 1.807) is 6.07 Å². The molecule has 1 aromatic rings. The summed E-state index contributed by atoms with van der Waals surface area (Å²) in [4.78, 5) is 2.02. The second kappa shape index (κ2) is 5.56. The van der Waals surface area contributed by atoms with Crippen LogP contribution in [-0.2, 0) is 6.18 Å². The molecule has 112 valence electrons. The smallest absolute Gasteiger partial charge is 0.370 e. The Morgan fingerprint density at radius 3 is 2.65 bits per heavy atom. The quantitative estimate of drug-likeness (QED) is 0.821. The Morgan fingerprint density at radius 1 is 1.30 bits per heavy atom. The van der Waals surface area contributed by atoms with Crippen LogP contribution in [0.3, 0.4) is 0 Å². The third kappa shape index (κ3) is 3.67. The molecule has 0 amide bonds. The molecule has 0 bridgehead atoms. The molecule has 1 aliphatic rings. The molecule has 2 nitrogen and oxygen atoms in total. The number of nitrogens with one attached hydrogen (secondary N) is 1. The van der Waals surface area contributed by atoms with E-state index in [1.165, 1.54) is 12.1 Å². The van der Waals surface area contributed by atoms with E-state index in [9.17, 15) is 13.2 Å². The first-order valence-corrected chi connectivity index (χ1v) is 7.35. The lowest BCUT2D eigenvalue weighted by Gasteiger charge is -2.32. The zero-order valence-corrected chi connectivity index (χ0v) is 13.1. The molecule has 1 heterocycles. The van der Waals surface area contributed by atoms with Crippen molar-refractivity contribution in [2.24, 2.45) is 0 Å². The van der Waals surface area contributed by atoms with Gasteiger partial charge in [0.1, 0.15) is 0 Å². The van der Waals surface area contributed by atoms with Crippen LogP contribution >= 0.6 is 15.9 Å². The highest BCUT2D eigenvalue weighted by atomic mass is 79.9. The van der Waals surface area contributed by atoms with Gasteiger partial charge >= 0.3 is 6.18 Å². The van der Waals surface area contributed by atoms with Crippen molar-refractivity contribution in [2.75, 3.05) is 24.5 Å². The molecule has 0 radical (unpaired) electrons. The topological polar surface area (TPSA) is 15.3 Å². The van der Waals surface area contributed by atoms with Gasteiger partial charge in [-0.3, -0.25) is 0 Å². The van der Waals surface area contributed by atoms with Gasteiger partial charge < -0.3 is 10.2 Å². The molecule has 20 heavy (non-hydrogen) atoms. The molecule has 1 N–H and O–H groups in total. The molecule has 1 aliphatic heterocycles. The fraction of sp³-hybridized carbons (Fsp3) is 0.571. The average molecular weight is 351 g/mol. The van der Waals surface area contributed by atoms with Crippen molar-refractivity contribution in [1.82, 2.24) is 5.32 Å². The summed E-state index contributed by atoms with van der Waals surface area (Å²) in [5.41, 5.74) is -0.107. The second-order valence-electron chi connectivity index (χ2n) is 5.75. The zero-order chi connectivity index (χ0) is 15.0. The van der Waals surface area contributed by atoms with Gasteiger partial charge in [0.2, 0.25) is 0 Å². The highest BCUT2D eigenvalue weighted by Crippen LogP contribution is 2.37. The van der Waals surface area contributed by atoms with Crippen LogP contribution in [0.25, 0.3) is 0 Å². The second-order valence-corrected chi connectivity index (χ2v) is 6.60. The lowest BCUT2D eigenvalue weighted by molar-refractivity contribution is -0.138. The Labute approximate surface area is 125 Å². The number of anilines is 1. The first kappa shape index (κ1) is 15.6. The maximum absolute atomic E-state index is 13.0. The molecule has 1 fully saturated rings. The van der Waals surface area contributed by atoms with Gasteiger partial charge in [0.25, 0.3) is 0 Å². The minimum absolute atomic E-state index is 0.0842. The minimum atomic E-state index is -4.34. The number of alkyl halides is 3. The summed E-state index contributed by atoms with van der Waals surface area (Å²) in [6.45, 7) is 6.46. The predicted octanol–water partition coefficient (Wildman–Crippen LogP) is 4.05. The Morgan fingerprint density at radius 2 is 2.00 bits per heavy atom. The Bertz CT molecular complexity index is 486. The number of hydrogen-bond acceptors (Lipinski definition) is 2. The number of hydrogen-bond donors (Lipinski definition) is 1. The van der Waals surface area contributed by atoms with Crippen molar-refractivity contribution in [1.29, 1.82) is 0 Å². The summed E-state index contributed by atoms with van der Waals surface area (Å²) >= 11 is 2.98. The predicted molar refractivity (Wildman–Crippen MR) is 78.1 cm³/mol. The van der Waals surface area contributed by atoms with Crippen LogP contribution in [0, 0.1) is 0 Å². The number of rotatable bonds is 1. The van der Waals surface area contributed by atoms with Crippen LogP contribution in [-0.4, -0.2) is 25.2 Å². The van der Waals surface area contributed by atoms with Gasteiger partial charge in [-0.25, -0.2) is 0 Å². The van der Waals surface area contributed by atoms with Gasteiger partial charge in [0.15, 0.2) is 0 Å². The van der Waals surface area contributed by atoms with Gasteiger partial charge in [0, 0.05) is 28.8 Å². The Kier molecular flexibility index (Phi) is 4.35. The summed E-state index contributed by atoms with van der Waals surface area (Å²) in [5, 5.41) is 3.40. The van der Waals surface area contributed by atoms with Crippen LogP contribution in [0.2, 0.25) is 0 Å². The van der Waals surface area contributed by atoms with Crippen molar-refractivity contribution in [2.45, 2.75) is 32.0 Å². The maximum Gasteiger partial charge on any atom is 0.417 e. The summed E-state index contributed by atoms with van der Waals surface area (Å²) in [5.74, 6) is 0. The van der Waals surface area contributed by atoms with Gasteiger partial charge in [-0.15, -0.1) is 0 Å². The van der Waals surface area contributed by atoms with E-state index in [4.69, 9.17) is 0 Å². The lowest BCUT2D eigenvalue weighted by atomic mass is 10.0. The Hall–Kier alpha value is -0.750. The standard InChI is InChI=1S/C14H18BrF3N2/c1-13(2)9-20(7-3-6-19-13)10-4-5-12(15)11(8-10)14(16,17)18/h4-5,8,19H,3,6-7,9H2,1-2H3. The summed E-state index contributed by atoms with van der Waals surface area (Å²) in [6, 6.07) is 4.44. The third-order valence-corrected chi connectivity index (χ3v) is 4.11. The first-order valence-electron chi connectivity index (χ1n) is 6.56. The van der Waals surface area contributed by atoms with Crippen molar-refractivity contribution < 1.29 is 13.2 Å². The van der Waals surface area contributed by atoms with Crippen LogP contribution < -0.4 is 10.2 Å². The van der Waals surface area contributed by atoms with Crippen molar-refractivity contribution >= 4 is 21.6 Å². The highest BCUT2D eigenvalue weighted by molar-refractivity contribution is 9.10. The molecular formula is C14H18BrF3N2. The van der Waals surface area contributed by atoms with E-state index < -0.39 is 11.7 Å². The first-order chi connectivity index (χ1) is 9.19. The van der Waals surface area contributed by atoms with Crippen LogP contribution in [0.1, 0.15) is 25.8 Å². The highest BCUT2D eigenvalue weighted by Gasteiger charge is 2.34. The van der Waals surface area contributed by atoms with Gasteiger partial charge in [-0.1, -0.05) is 15.9 Å². The van der Waals surface area contributed by atoms with Crippen LogP contribution in [0.4, 0.5) is 18.9 Å². The molecule has 0 atom stereocenters. The number of nitrogens with zero attached hydrogens (tertiary/aromatic N) is 1. The molecule has 0 unspecified atom stereocenters. The molecule has 1 saturated heterocycles. The van der Waals surface area contributed by atoms with Crippen molar-refractivity contribution in [3.63, 3.8) is 0 Å². The van der Waals surface area contributed by atoms with E-state index in [0.717, 1.165) is 19.5 Å². The van der Waals surface area contributed by atoms with E-state index >= 15 is 0 Å². The average Bonchev–Trinajstić information content (AvgIpc) is 2.49. The van der Waals surface area contributed by atoms with E-state index in [-0.39, 0.29) is 10.0 Å². The zero-order valence-electron chi connectivity index (χ0n) is 11.5. The molecular weight excluding hydrogens is 333 g/mol. The van der Waals surface area contributed by atoms with Crippen molar-refractivity contribution in [3.05, 3.63) is 28.2 Å². The summed E-state index contributed by atoms with van der Waals surface area (Å²) in [6.07, 6.45) is -3.42. The fourth-order valence-electron chi connectivity index (χ4n) is 2.46. The van der Waals surface area contributed by atoms with Crippen LogP contribution in [0.15, 0.2) is 22.7 Å². The lowest BCUT2D eigenvalue weighted by Crippen LogP contribution is -2.46. The normalized spacial score (nSPS) is 19.8. The molecule has 0 aromatic heterocycles.